The number of halogens is 1. The summed E-state index contributed by atoms with van der Waals surface area (Å²) in [6.45, 7) is 0.952. The first kappa shape index (κ1) is 19.7. The SMILES string of the molecule is COc1ccc(NC(=O)Cn2cnc(S(=O)(=O)N3CCCCC3)c2)cc1Cl. The van der Waals surface area contributed by atoms with Crippen molar-refractivity contribution in [3.63, 3.8) is 0 Å². The third kappa shape index (κ3) is 4.60. The minimum atomic E-state index is -3.61. The molecule has 2 aromatic rings. The molecule has 0 radical (unpaired) electrons. The van der Waals surface area contributed by atoms with Gasteiger partial charge in [0.2, 0.25) is 5.91 Å². The van der Waals surface area contributed by atoms with Crippen molar-refractivity contribution in [2.75, 3.05) is 25.5 Å². The maximum atomic E-state index is 12.6. The molecule has 10 heteroatoms. The number of ether oxygens (including phenoxy) is 1. The summed E-state index contributed by atoms with van der Waals surface area (Å²) >= 11 is 6.04. The van der Waals surface area contributed by atoms with Crippen LogP contribution >= 0.6 is 11.6 Å². The molecule has 1 fully saturated rings. The quantitative estimate of drug-likeness (QED) is 0.786. The highest BCUT2D eigenvalue weighted by Crippen LogP contribution is 2.27. The van der Waals surface area contributed by atoms with Crippen LogP contribution in [0.3, 0.4) is 0 Å². The predicted molar refractivity (Wildman–Crippen MR) is 101 cm³/mol. The third-order valence-corrected chi connectivity index (χ3v) is 6.37. The lowest BCUT2D eigenvalue weighted by Gasteiger charge is -2.24. The zero-order chi connectivity index (χ0) is 19.4. The third-order valence-electron chi connectivity index (χ3n) is 4.29. The Morgan fingerprint density at radius 1 is 1.30 bits per heavy atom. The van der Waals surface area contributed by atoms with E-state index < -0.39 is 10.0 Å². The fraction of sp³-hybridized carbons (Fsp3) is 0.412. The van der Waals surface area contributed by atoms with Crippen LogP contribution in [0.4, 0.5) is 5.69 Å². The summed E-state index contributed by atoms with van der Waals surface area (Å²) in [6.07, 6.45) is 5.47. The van der Waals surface area contributed by atoms with Crippen molar-refractivity contribution >= 4 is 33.2 Å². The monoisotopic (exact) mass is 412 g/mol. The number of piperidine rings is 1. The summed E-state index contributed by atoms with van der Waals surface area (Å²) in [5, 5.41) is 3.05. The van der Waals surface area contributed by atoms with Crippen LogP contribution in [0.2, 0.25) is 5.02 Å². The molecular weight excluding hydrogens is 392 g/mol. The van der Waals surface area contributed by atoms with Crippen LogP contribution < -0.4 is 10.1 Å². The number of hydrogen-bond acceptors (Lipinski definition) is 5. The van der Waals surface area contributed by atoms with E-state index in [9.17, 15) is 13.2 Å². The molecule has 1 aliphatic rings. The second-order valence-corrected chi connectivity index (χ2v) is 8.54. The van der Waals surface area contributed by atoms with E-state index in [-0.39, 0.29) is 17.5 Å². The molecule has 27 heavy (non-hydrogen) atoms. The minimum absolute atomic E-state index is 0.0373. The number of methoxy groups -OCH3 is 1. The van der Waals surface area contributed by atoms with Crippen molar-refractivity contribution < 1.29 is 17.9 Å². The molecule has 3 rings (SSSR count). The number of nitrogens with zero attached hydrogens (tertiary/aromatic N) is 3. The molecule has 1 N–H and O–H groups in total. The van der Waals surface area contributed by atoms with Crippen LogP contribution in [0.15, 0.2) is 35.7 Å². The standard InChI is InChI=1S/C17H21ClN4O4S/c1-26-15-6-5-13(9-14(15)18)20-16(23)10-21-11-17(19-12-21)27(24,25)22-7-3-2-4-8-22/h5-6,9,11-12H,2-4,7-8,10H2,1H3,(H,20,23). The second kappa shape index (κ2) is 8.28. The van der Waals surface area contributed by atoms with E-state index in [4.69, 9.17) is 16.3 Å². The zero-order valence-electron chi connectivity index (χ0n) is 14.9. The molecule has 146 valence electrons. The topological polar surface area (TPSA) is 93.5 Å². The van der Waals surface area contributed by atoms with Gasteiger partial charge in [-0.1, -0.05) is 18.0 Å². The van der Waals surface area contributed by atoms with Crippen LogP contribution in [0.1, 0.15) is 19.3 Å². The molecule has 0 bridgehead atoms. The van der Waals surface area contributed by atoms with Gasteiger partial charge in [-0.15, -0.1) is 0 Å². The molecule has 0 saturated carbocycles. The Bertz CT molecular complexity index is 923. The van der Waals surface area contributed by atoms with E-state index in [1.807, 2.05) is 0 Å². The lowest BCUT2D eigenvalue weighted by molar-refractivity contribution is -0.116. The number of carbonyl (C=O) groups is 1. The van der Waals surface area contributed by atoms with E-state index in [1.165, 1.54) is 28.5 Å². The number of amides is 1. The van der Waals surface area contributed by atoms with Gasteiger partial charge < -0.3 is 14.6 Å². The number of imidazole rings is 1. The minimum Gasteiger partial charge on any atom is -0.495 e. The Labute approximate surface area is 163 Å². The summed E-state index contributed by atoms with van der Waals surface area (Å²) in [5.41, 5.74) is 0.520. The Morgan fingerprint density at radius 3 is 2.70 bits per heavy atom. The number of hydrogen-bond donors (Lipinski definition) is 1. The van der Waals surface area contributed by atoms with Gasteiger partial charge in [-0.2, -0.15) is 4.31 Å². The highest BCUT2D eigenvalue weighted by Gasteiger charge is 2.28. The molecule has 1 saturated heterocycles. The van der Waals surface area contributed by atoms with Crippen molar-refractivity contribution in [1.82, 2.24) is 13.9 Å². The van der Waals surface area contributed by atoms with Gasteiger partial charge in [-0.3, -0.25) is 4.79 Å². The normalized spacial score (nSPS) is 15.5. The summed E-state index contributed by atoms with van der Waals surface area (Å²) in [4.78, 5) is 16.2. The molecule has 0 aliphatic carbocycles. The van der Waals surface area contributed by atoms with Crippen molar-refractivity contribution in [2.45, 2.75) is 30.8 Å². The Balaban J connectivity index is 1.65. The molecule has 1 aromatic carbocycles. The highest BCUT2D eigenvalue weighted by molar-refractivity contribution is 7.89. The van der Waals surface area contributed by atoms with E-state index >= 15 is 0 Å². The van der Waals surface area contributed by atoms with E-state index in [1.54, 1.807) is 18.2 Å². The summed E-state index contributed by atoms with van der Waals surface area (Å²) in [5.74, 6) is 0.187. The summed E-state index contributed by atoms with van der Waals surface area (Å²) in [7, 11) is -2.10. The van der Waals surface area contributed by atoms with Gasteiger partial charge >= 0.3 is 0 Å². The highest BCUT2D eigenvalue weighted by atomic mass is 35.5. The van der Waals surface area contributed by atoms with Gasteiger partial charge in [0.25, 0.3) is 10.0 Å². The van der Waals surface area contributed by atoms with Crippen LogP contribution in [-0.4, -0.2) is 48.4 Å². The van der Waals surface area contributed by atoms with Crippen LogP contribution in [0.5, 0.6) is 5.75 Å². The lowest BCUT2D eigenvalue weighted by atomic mass is 10.2. The fourth-order valence-electron chi connectivity index (χ4n) is 2.91. The molecule has 1 amide bonds. The van der Waals surface area contributed by atoms with Gasteiger partial charge in [0.15, 0.2) is 5.03 Å². The zero-order valence-corrected chi connectivity index (χ0v) is 16.5. The average molecular weight is 413 g/mol. The largest absolute Gasteiger partial charge is 0.495 e. The predicted octanol–water partition coefficient (Wildman–Crippen LogP) is 2.36. The van der Waals surface area contributed by atoms with Crippen LogP contribution in [0, 0.1) is 0 Å². The average Bonchev–Trinajstić information content (AvgIpc) is 3.12. The number of nitrogens with one attached hydrogen (secondary N) is 1. The Hall–Kier alpha value is -2.10. The molecule has 0 spiro atoms. The van der Waals surface area contributed by atoms with Crippen molar-refractivity contribution in [3.8, 4) is 5.75 Å². The number of carbonyl (C=O) groups excluding carboxylic acids is 1. The number of sulfonamides is 1. The number of aromatic nitrogens is 2. The van der Waals surface area contributed by atoms with Crippen molar-refractivity contribution in [2.24, 2.45) is 0 Å². The second-order valence-electron chi connectivity index (χ2n) is 6.25. The Kier molecular flexibility index (Phi) is 6.03. The van der Waals surface area contributed by atoms with Gasteiger partial charge in [0.1, 0.15) is 12.3 Å². The fourth-order valence-corrected chi connectivity index (χ4v) is 4.62. The molecule has 1 aromatic heterocycles. The molecule has 1 aliphatic heterocycles. The molecule has 0 unspecified atom stereocenters. The molecule has 8 nitrogen and oxygen atoms in total. The molecule has 0 atom stereocenters. The lowest BCUT2D eigenvalue weighted by Crippen LogP contribution is -2.35. The van der Waals surface area contributed by atoms with Gasteiger partial charge in [0.05, 0.1) is 18.5 Å². The Morgan fingerprint density at radius 2 is 2.04 bits per heavy atom. The molecular formula is C17H21ClN4O4S. The van der Waals surface area contributed by atoms with E-state index in [0.717, 1.165) is 19.3 Å². The van der Waals surface area contributed by atoms with Crippen molar-refractivity contribution in [1.29, 1.82) is 0 Å². The first-order valence-electron chi connectivity index (χ1n) is 8.55. The first-order valence-corrected chi connectivity index (χ1v) is 10.4. The number of rotatable bonds is 6. The van der Waals surface area contributed by atoms with Crippen LogP contribution in [-0.2, 0) is 21.4 Å². The molecule has 2 heterocycles. The summed E-state index contributed by atoms with van der Waals surface area (Å²) in [6, 6.07) is 4.90. The van der Waals surface area contributed by atoms with E-state index in [2.05, 4.69) is 10.3 Å². The first-order chi connectivity index (χ1) is 12.9. The smallest absolute Gasteiger partial charge is 0.262 e. The number of benzene rings is 1. The summed E-state index contributed by atoms with van der Waals surface area (Å²) < 4.78 is 33.2. The van der Waals surface area contributed by atoms with Crippen molar-refractivity contribution in [3.05, 3.63) is 35.7 Å². The maximum absolute atomic E-state index is 12.6. The maximum Gasteiger partial charge on any atom is 0.262 e. The number of anilines is 1. The van der Waals surface area contributed by atoms with Gasteiger partial charge in [0, 0.05) is 25.0 Å². The van der Waals surface area contributed by atoms with Crippen LogP contribution in [0.25, 0.3) is 0 Å². The van der Waals surface area contributed by atoms with Gasteiger partial charge in [-0.25, -0.2) is 13.4 Å². The van der Waals surface area contributed by atoms with E-state index in [0.29, 0.717) is 29.5 Å². The van der Waals surface area contributed by atoms with Gasteiger partial charge in [-0.05, 0) is 31.0 Å².